The number of aliphatic imine (C=N–C) groups is 1. The lowest BCUT2D eigenvalue weighted by atomic mass is 10.1. The molecular formula is C24H17BrN2O4. The van der Waals surface area contributed by atoms with Gasteiger partial charge in [0.25, 0.3) is 0 Å². The zero-order valence-electron chi connectivity index (χ0n) is 16.5. The Morgan fingerprint density at radius 2 is 1.77 bits per heavy atom. The summed E-state index contributed by atoms with van der Waals surface area (Å²) in [6, 6.07) is 23.7. The molecule has 154 valence electrons. The fourth-order valence-corrected chi connectivity index (χ4v) is 3.06. The number of benzene rings is 3. The average molecular weight is 477 g/mol. The molecule has 7 heteroatoms. The van der Waals surface area contributed by atoms with Crippen molar-refractivity contribution in [3.63, 3.8) is 0 Å². The predicted molar refractivity (Wildman–Crippen MR) is 121 cm³/mol. The van der Waals surface area contributed by atoms with E-state index in [1.807, 2.05) is 60.7 Å². The molecule has 4 aromatic rings. The minimum Gasteiger partial charge on any atom is -0.493 e. The summed E-state index contributed by atoms with van der Waals surface area (Å²) in [5.74, 6) is 0.513. The SMILES string of the molecule is COc1ccc(C=Nc2ccc(Br)cc2)cc1OC(=O)c1cc(-c2ccccc2)on1. The quantitative estimate of drug-likeness (QED) is 0.191. The van der Waals surface area contributed by atoms with Crippen molar-refractivity contribution in [2.75, 3.05) is 7.11 Å². The van der Waals surface area contributed by atoms with Gasteiger partial charge in [-0.3, -0.25) is 4.99 Å². The van der Waals surface area contributed by atoms with Crippen molar-refractivity contribution in [2.45, 2.75) is 0 Å². The summed E-state index contributed by atoms with van der Waals surface area (Å²) < 4.78 is 17.1. The molecular weight excluding hydrogens is 460 g/mol. The summed E-state index contributed by atoms with van der Waals surface area (Å²) in [7, 11) is 1.51. The molecule has 0 spiro atoms. The number of carbonyl (C=O) groups is 1. The molecule has 0 saturated heterocycles. The van der Waals surface area contributed by atoms with Gasteiger partial charge in [0.15, 0.2) is 23.0 Å². The van der Waals surface area contributed by atoms with E-state index in [1.165, 1.54) is 7.11 Å². The van der Waals surface area contributed by atoms with Crippen molar-refractivity contribution < 1.29 is 18.8 Å². The van der Waals surface area contributed by atoms with Crippen LogP contribution in [0.2, 0.25) is 0 Å². The van der Waals surface area contributed by atoms with Crippen LogP contribution >= 0.6 is 15.9 Å². The van der Waals surface area contributed by atoms with Crippen molar-refractivity contribution in [1.82, 2.24) is 5.16 Å². The lowest BCUT2D eigenvalue weighted by Crippen LogP contribution is -2.09. The van der Waals surface area contributed by atoms with E-state index >= 15 is 0 Å². The van der Waals surface area contributed by atoms with Crippen LogP contribution in [0.3, 0.4) is 0 Å². The normalized spacial score (nSPS) is 10.9. The third-order valence-corrected chi connectivity index (χ3v) is 4.89. The number of hydrogen-bond donors (Lipinski definition) is 0. The topological polar surface area (TPSA) is 73.9 Å². The number of rotatable bonds is 6. The lowest BCUT2D eigenvalue weighted by molar-refractivity contribution is 0.0719. The highest BCUT2D eigenvalue weighted by Gasteiger charge is 2.18. The van der Waals surface area contributed by atoms with E-state index in [0.717, 1.165) is 21.3 Å². The Labute approximate surface area is 187 Å². The van der Waals surface area contributed by atoms with Crippen LogP contribution in [0, 0.1) is 0 Å². The van der Waals surface area contributed by atoms with Gasteiger partial charge >= 0.3 is 5.97 Å². The van der Waals surface area contributed by atoms with E-state index in [9.17, 15) is 4.79 Å². The van der Waals surface area contributed by atoms with Crippen molar-refractivity contribution >= 4 is 33.8 Å². The highest BCUT2D eigenvalue weighted by molar-refractivity contribution is 9.10. The number of esters is 1. The number of nitrogens with zero attached hydrogens (tertiary/aromatic N) is 2. The zero-order valence-corrected chi connectivity index (χ0v) is 18.1. The van der Waals surface area contributed by atoms with Crippen molar-refractivity contribution in [3.05, 3.63) is 94.6 Å². The van der Waals surface area contributed by atoms with E-state index in [2.05, 4.69) is 26.1 Å². The van der Waals surface area contributed by atoms with Crippen LogP contribution < -0.4 is 9.47 Å². The third-order valence-electron chi connectivity index (χ3n) is 4.36. The van der Waals surface area contributed by atoms with Crippen LogP contribution in [0.1, 0.15) is 16.1 Å². The number of hydrogen-bond acceptors (Lipinski definition) is 6. The van der Waals surface area contributed by atoms with Gasteiger partial charge in [0.2, 0.25) is 0 Å². The Bertz CT molecular complexity index is 1220. The minimum absolute atomic E-state index is 0.0647. The molecule has 0 radical (unpaired) electrons. The van der Waals surface area contributed by atoms with Gasteiger partial charge < -0.3 is 14.0 Å². The Morgan fingerprint density at radius 3 is 2.52 bits per heavy atom. The molecule has 3 aromatic carbocycles. The van der Waals surface area contributed by atoms with Gasteiger partial charge in [-0.1, -0.05) is 51.4 Å². The van der Waals surface area contributed by atoms with Gasteiger partial charge in [-0.15, -0.1) is 0 Å². The molecule has 0 fully saturated rings. The molecule has 0 unspecified atom stereocenters. The van der Waals surface area contributed by atoms with Gasteiger partial charge in [0.1, 0.15) is 0 Å². The molecule has 0 aliphatic heterocycles. The number of ether oxygens (including phenoxy) is 2. The maximum Gasteiger partial charge on any atom is 0.366 e. The first-order chi connectivity index (χ1) is 15.1. The second-order valence-electron chi connectivity index (χ2n) is 6.48. The van der Waals surface area contributed by atoms with Crippen LogP contribution in [0.25, 0.3) is 11.3 Å². The van der Waals surface area contributed by atoms with E-state index in [0.29, 0.717) is 11.5 Å². The Hall–Kier alpha value is -3.71. The molecule has 1 heterocycles. The van der Waals surface area contributed by atoms with E-state index < -0.39 is 5.97 Å². The maximum atomic E-state index is 12.6. The summed E-state index contributed by atoms with van der Waals surface area (Å²) in [4.78, 5) is 17.0. The molecule has 31 heavy (non-hydrogen) atoms. The summed E-state index contributed by atoms with van der Waals surface area (Å²) in [6.07, 6.45) is 1.68. The second-order valence-corrected chi connectivity index (χ2v) is 7.39. The summed E-state index contributed by atoms with van der Waals surface area (Å²) in [5.41, 5.74) is 2.43. The minimum atomic E-state index is -0.647. The predicted octanol–water partition coefficient (Wildman–Crippen LogP) is 6.08. The highest BCUT2D eigenvalue weighted by Crippen LogP contribution is 2.29. The van der Waals surface area contributed by atoms with Crippen molar-refractivity contribution in [1.29, 1.82) is 0 Å². The van der Waals surface area contributed by atoms with Crippen LogP contribution in [0.5, 0.6) is 11.5 Å². The van der Waals surface area contributed by atoms with E-state index in [1.54, 1.807) is 24.4 Å². The number of methoxy groups -OCH3 is 1. The van der Waals surface area contributed by atoms with Gasteiger partial charge in [-0.05, 0) is 48.0 Å². The number of carbonyl (C=O) groups excluding carboxylic acids is 1. The zero-order chi connectivity index (χ0) is 21.6. The molecule has 0 atom stereocenters. The van der Waals surface area contributed by atoms with Crippen LogP contribution in [0.4, 0.5) is 5.69 Å². The van der Waals surface area contributed by atoms with Gasteiger partial charge in [0, 0.05) is 22.3 Å². The first kappa shape index (κ1) is 20.6. The number of halogens is 1. The lowest BCUT2D eigenvalue weighted by Gasteiger charge is -2.08. The largest absolute Gasteiger partial charge is 0.493 e. The van der Waals surface area contributed by atoms with Crippen molar-refractivity contribution in [2.24, 2.45) is 4.99 Å². The monoisotopic (exact) mass is 476 g/mol. The fourth-order valence-electron chi connectivity index (χ4n) is 2.79. The first-order valence-electron chi connectivity index (χ1n) is 9.34. The molecule has 6 nitrogen and oxygen atoms in total. The molecule has 0 aliphatic carbocycles. The Balaban J connectivity index is 1.53. The molecule has 1 aromatic heterocycles. The van der Waals surface area contributed by atoms with Gasteiger partial charge in [-0.2, -0.15) is 0 Å². The molecule has 4 rings (SSSR count). The molecule has 0 saturated carbocycles. The smallest absolute Gasteiger partial charge is 0.366 e. The van der Waals surface area contributed by atoms with Crippen LogP contribution in [-0.2, 0) is 0 Å². The maximum absolute atomic E-state index is 12.6. The average Bonchev–Trinajstić information content (AvgIpc) is 3.30. The van der Waals surface area contributed by atoms with Gasteiger partial charge in [0.05, 0.1) is 12.8 Å². The van der Waals surface area contributed by atoms with Crippen LogP contribution in [-0.4, -0.2) is 24.5 Å². The molecule has 0 bridgehead atoms. The number of aromatic nitrogens is 1. The fraction of sp³-hybridized carbons (Fsp3) is 0.0417. The van der Waals surface area contributed by atoms with E-state index in [-0.39, 0.29) is 11.4 Å². The first-order valence-corrected chi connectivity index (χ1v) is 10.1. The Kier molecular flexibility index (Phi) is 6.24. The van der Waals surface area contributed by atoms with Crippen molar-refractivity contribution in [3.8, 4) is 22.8 Å². The summed E-state index contributed by atoms with van der Waals surface area (Å²) in [6.45, 7) is 0. The molecule has 0 N–H and O–H groups in total. The Morgan fingerprint density at radius 1 is 1.00 bits per heavy atom. The summed E-state index contributed by atoms with van der Waals surface area (Å²) in [5, 5.41) is 3.83. The second kappa shape index (κ2) is 9.40. The summed E-state index contributed by atoms with van der Waals surface area (Å²) >= 11 is 3.40. The van der Waals surface area contributed by atoms with Crippen LogP contribution in [0.15, 0.2) is 92.9 Å². The molecule has 0 aliphatic rings. The van der Waals surface area contributed by atoms with E-state index in [4.69, 9.17) is 14.0 Å². The molecule has 0 amide bonds. The standard InChI is InChI=1S/C24H17BrN2O4/c1-29-21-12-7-16(15-26-19-10-8-18(25)9-11-19)13-23(21)30-24(28)20-14-22(31-27-20)17-5-3-2-4-6-17/h2-15H,1H3. The van der Waals surface area contributed by atoms with Gasteiger partial charge in [-0.25, -0.2) is 4.79 Å². The highest BCUT2D eigenvalue weighted by atomic mass is 79.9. The third kappa shape index (κ3) is 5.07.